The summed E-state index contributed by atoms with van der Waals surface area (Å²) in [5.41, 5.74) is 6.51. The van der Waals surface area contributed by atoms with Crippen LogP contribution in [0.4, 0.5) is 0 Å². The average Bonchev–Trinajstić information content (AvgIpc) is 2.81. The molecule has 106 valence electrons. The number of phenols is 1. The van der Waals surface area contributed by atoms with Gasteiger partial charge in [0.1, 0.15) is 17.2 Å². The largest absolute Gasteiger partial charge is 0.508 e. The SMILES string of the molecule is Cn1ncc2cc(C(N)=O)c(Oc3ccc(O)cc3)cc21. The zero-order valence-corrected chi connectivity index (χ0v) is 11.3. The number of hydrogen-bond donors (Lipinski definition) is 2. The fourth-order valence-corrected chi connectivity index (χ4v) is 2.10. The maximum absolute atomic E-state index is 11.6. The third kappa shape index (κ3) is 2.38. The lowest BCUT2D eigenvalue weighted by atomic mass is 10.1. The number of nitrogens with zero attached hydrogens (tertiary/aromatic N) is 2. The molecule has 0 fully saturated rings. The van der Waals surface area contributed by atoms with Crippen molar-refractivity contribution in [1.29, 1.82) is 0 Å². The number of fused-ring (bicyclic) bond motifs is 1. The number of nitrogens with two attached hydrogens (primary N) is 1. The van der Waals surface area contributed by atoms with Gasteiger partial charge in [0, 0.05) is 18.5 Å². The number of hydrogen-bond acceptors (Lipinski definition) is 4. The number of ether oxygens (including phenoxy) is 1. The van der Waals surface area contributed by atoms with Gasteiger partial charge < -0.3 is 15.6 Å². The van der Waals surface area contributed by atoms with Crippen LogP contribution in [0.1, 0.15) is 10.4 Å². The lowest BCUT2D eigenvalue weighted by molar-refractivity contribution is 0.0998. The van der Waals surface area contributed by atoms with Crippen molar-refractivity contribution in [3.05, 3.63) is 48.2 Å². The van der Waals surface area contributed by atoms with Crippen molar-refractivity contribution >= 4 is 16.8 Å². The number of carbonyl (C=O) groups is 1. The predicted octanol–water partition coefficient (Wildman–Crippen LogP) is 2.17. The van der Waals surface area contributed by atoms with Crippen molar-refractivity contribution in [3.8, 4) is 17.2 Å². The van der Waals surface area contributed by atoms with Gasteiger partial charge in [0.25, 0.3) is 5.91 Å². The summed E-state index contributed by atoms with van der Waals surface area (Å²) in [6.45, 7) is 0. The Bertz CT molecular complexity index is 822. The molecule has 0 radical (unpaired) electrons. The third-order valence-electron chi connectivity index (χ3n) is 3.18. The van der Waals surface area contributed by atoms with E-state index >= 15 is 0 Å². The molecule has 0 aliphatic carbocycles. The van der Waals surface area contributed by atoms with E-state index in [1.165, 1.54) is 12.1 Å². The summed E-state index contributed by atoms with van der Waals surface area (Å²) in [6, 6.07) is 9.58. The van der Waals surface area contributed by atoms with E-state index in [9.17, 15) is 9.90 Å². The second kappa shape index (κ2) is 4.82. The summed E-state index contributed by atoms with van der Waals surface area (Å²) in [5.74, 6) is 0.412. The Balaban J connectivity index is 2.10. The van der Waals surface area contributed by atoms with Gasteiger partial charge in [0.2, 0.25) is 0 Å². The minimum atomic E-state index is -0.575. The predicted molar refractivity (Wildman–Crippen MR) is 77.4 cm³/mol. The van der Waals surface area contributed by atoms with Crippen LogP contribution in [-0.2, 0) is 7.05 Å². The Hall–Kier alpha value is -3.02. The van der Waals surface area contributed by atoms with E-state index in [4.69, 9.17) is 10.5 Å². The molecule has 1 aromatic heterocycles. The third-order valence-corrected chi connectivity index (χ3v) is 3.18. The fourth-order valence-electron chi connectivity index (χ4n) is 2.10. The first-order chi connectivity index (χ1) is 10.0. The van der Waals surface area contributed by atoms with E-state index in [0.717, 1.165) is 10.9 Å². The molecular formula is C15H13N3O3. The van der Waals surface area contributed by atoms with Gasteiger partial charge in [-0.2, -0.15) is 5.10 Å². The van der Waals surface area contributed by atoms with Crippen molar-refractivity contribution in [2.75, 3.05) is 0 Å². The summed E-state index contributed by atoms with van der Waals surface area (Å²) in [6.07, 6.45) is 1.66. The minimum absolute atomic E-state index is 0.138. The maximum Gasteiger partial charge on any atom is 0.252 e. The van der Waals surface area contributed by atoms with Crippen LogP contribution in [0.25, 0.3) is 10.9 Å². The topological polar surface area (TPSA) is 90.4 Å². The number of carbonyl (C=O) groups excluding carboxylic acids is 1. The van der Waals surface area contributed by atoms with Gasteiger partial charge >= 0.3 is 0 Å². The van der Waals surface area contributed by atoms with Crippen LogP contribution in [-0.4, -0.2) is 20.8 Å². The van der Waals surface area contributed by atoms with Gasteiger partial charge in [0.05, 0.1) is 17.3 Å². The molecule has 2 aromatic carbocycles. The molecule has 3 rings (SSSR count). The van der Waals surface area contributed by atoms with Crippen LogP contribution in [0.15, 0.2) is 42.6 Å². The molecule has 6 heteroatoms. The molecule has 3 N–H and O–H groups in total. The van der Waals surface area contributed by atoms with Crippen molar-refractivity contribution in [2.45, 2.75) is 0 Å². The molecule has 0 unspecified atom stereocenters. The minimum Gasteiger partial charge on any atom is -0.508 e. The smallest absolute Gasteiger partial charge is 0.252 e. The molecule has 0 saturated carbocycles. The molecule has 6 nitrogen and oxygen atoms in total. The van der Waals surface area contributed by atoms with Crippen LogP contribution in [0.5, 0.6) is 17.2 Å². The number of phenolic OH excluding ortho intramolecular Hbond substituents is 1. The van der Waals surface area contributed by atoms with E-state index < -0.39 is 5.91 Å². The zero-order valence-electron chi connectivity index (χ0n) is 11.3. The van der Waals surface area contributed by atoms with Gasteiger partial charge in [-0.25, -0.2) is 0 Å². The molecule has 21 heavy (non-hydrogen) atoms. The average molecular weight is 283 g/mol. The zero-order chi connectivity index (χ0) is 15.0. The van der Waals surface area contributed by atoms with Crippen LogP contribution in [0, 0.1) is 0 Å². The van der Waals surface area contributed by atoms with Gasteiger partial charge in [-0.3, -0.25) is 9.48 Å². The molecule has 3 aromatic rings. The molecule has 0 saturated heterocycles. The number of amides is 1. The van der Waals surface area contributed by atoms with E-state index in [1.54, 1.807) is 42.2 Å². The molecule has 0 aliphatic heterocycles. The van der Waals surface area contributed by atoms with Crippen LogP contribution < -0.4 is 10.5 Å². The van der Waals surface area contributed by atoms with E-state index in [1.807, 2.05) is 0 Å². The van der Waals surface area contributed by atoms with Gasteiger partial charge in [-0.1, -0.05) is 0 Å². The van der Waals surface area contributed by atoms with Crippen molar-refractivity contribution < 1.29 is 14.6 Å². The monoisotopic (exact) mass is 283 g/mol. The number of aromatic hydroxyl groups is 1. The molecule has 0 spiro atoms. The number of primary amides is 1. The Morgan fingerprint density at radius 3 is 2.67 bits per heavy atom. The number of benzene rings is 2. The standard InChI is InChI=1S/C15H13N3O3/c1-18-13-7-14(21-11-4-2-10(19)3-5-11)12(15(16)20)6-9(13)8-17-18/h2-8,19H,1H3,(H2,16,20). The lowest BCUT2D eigenvalue weighted by Crippen LogP contribution is -2.12. The number of rotatable bonds is 3. The normalized spacial score (nSPS) is 10.7. The molecule has 1 heterocycles. The summed E-state index contributed by atoms with van der Waals surface area (Å²) in [5, 5.41) is 14.2. The molecule has 0 bridgehead atoms. The second-order valence-corrected chi connectivity index (χ2v) is 4.64. The van der Waals surface area contributed by atoms with E-state index in [0.29, 0.717) is 11.5 Å². The van der Waals surface area contributed by atoms with Crippen molar-refractivity contribution in [2.24, 2.45) is 12.8 Å². The summed E-state index contributed by atoms with van der Waals surface area (Å²) in [7, 11) is 1.80. The van der Waals surface area contributed by atoms with Crippen LogP contribution in [0.3, 0.4) is 0 Å². The summed E-state index contributed by atoms with van der Waals surface area (Å²) >= 11 is 0. The Morgan fingerprint density at radius 1 is 1.29 bits per heavy atom. The second-order valence-electron chi connectivity index (χ2n) is 4.64. The Morgan fingerprint density at radius 2 is 2.00 bits per heavy atom. The molecular weight excluding hydrogens is 270 g/mol. The maximum atomic E-state index is 11.6. The highest BCUT2D eigenvalue weighted by Gasteiger charge is 2.14. The summed E-state index contributed by atoms with van der Waals surface area (Å²) in [4.78, 5) is 11.6. The highest BCUT2D eigenvalue weighted by Crippen LogP contribution is 2.30. The first kappa shape index (κ1) is 13.0. The number of aromatic nitrogens is 2. The van der Waals surface area contributed by atoms with Gasteiger partial charge in [-0.05, 0) is 30.3 Å². The van der Waals surface area contributed by atoms with Crippen LogP contribution >= 0.6 is 0 Å². The molecule has 0 atom stereocenters. The lowest BCUT2D eigenvalue weighted by Gasteiger charge is -2.10. The van der Waals surface area contributed by atoms with Crippen molar-refractivity contribution in [1.82, 2.24) is 9.78 Å². The first-order valence-corrected chi connectivity index (χ1v) is 6.27. The van der Waals surface area contributed by atoms with Gasteiger partial charge in [0.15, 0.2) is 0 Å². The van der Waals surface area contributed by atoms with E-state index in [-0.39, 0.29) is 11.3 Å². The van der Waals surface area contributed by atoms with Gasteiger partial charge in [-0.15, -0.1) is 0 Å². The van der Waals surface area contributed by atoms with E-state index in [2.05, 4.69) is 5.10 Å². The first-order valence-electron chi connectivity index (χ1n) is 6.27. The fraction of sp³-hybridized carbons (Fsp3) is 0.0667. The highest BCUT2D eigenvalue weighted by atomic mass is 16.5. The Labute approximate surface area is 120 Å². The highest BCUT2D eigenvalue weighted by molar-refractivity contribution is 6.00. The Kier molecular flexibility index (Phi) is 2.98. The molecule has 1 amide bonds. The number of aryl methyl sites for hydroxylation is 1. The summed E-state index contributed by atoms with van der Waals surface area (Å²) < 4.78 is 7.39. The van der Waals surface area contributed by atoms with Crippen molar-refractivity contribution in [3.63, 3.8) is 0 Å². The van der Waals surface area contributed by atoms with Crippen LogP contribution in [0.2, 0.25) is 0 Å². The quantitative estimate of drug-likeness (QED) is 0.770. The molecule has 0 aliphatic rings.